The highest BCUT2D eigenvalue weighted by Gasteiger charge is 2.15. The lowest BCUT2D eigenvalue weighted by atomic mass is 9.89. The monoisotopic (exact) mass is 133 g/mol. The minimum absolute atomic E-state index is 0.638. The van der Waals surface area contributed by atoms with Gasteiger partial charge in [0.2, 0.25) is 0 Å². The Morgan fingerprint density at radius 2 is 2.40 bits per heavy atom. The highest BCUT2D eigenvalue weighted by molar-refractivity contribution is 5.90. The molecule has 1 nitrogen and oxygen atoms in total. The topological polar surface area (TPSA) is 12.4 Å². The standard InChI is InChI=1S/C9H11N/c1-2-6-9-8(4-1)5-3-7-10-9/h1,3-4,7-8H,2,5-6H2/t8-/m1/s1. The van der Waals surface area contributed by atoms with Crippen LogP contribution in [0, 0.1) is 5.92 Å². The van der Waals surface area contributed by atoms with Gasteiger partial charge in [-0.1, -0.05) is 18.2 Å². The Morgan fingerprint density at radius 1 is 1.40 bits per heavy atom. The van der Waals surface area contributed by atoms with Crippen LogP contribution in [0.3, 0.4) is 0 Å². The van der Waals surface area contributed by atoms with Crippen LogP contribution >= 0.6 is 0 Å². The molecule has 1 heterocycles. The van der Waals surface area contributed by atoms with Gasteiger partial charge in [0.05, 0.1) is 0 Å². The fourth-order valence-electron chi connectivity index (χ4n) is 1.52. The molecule has 0 amide bonds. The Morgan fingerprint density at radius 3 is 3.30 bits per heavy atom. The summed E-state index contributed by atoms with van der Waals surface area (Å²) in [7, 11) is 0. The largest absolute Gasteiger partial charge is 0.265 e. The smallest absolute Gasteiger partial charge is 0.0253 e. The van der Waals surface area contributed by atoms with E-state index in [2.05, 4.69) is 23.2 Å². The highest BCUT2D eigenvalue weighted by atomic mass is 14.7. The first kappa shape index (κ1) is 5.90. The molecule has 1 heteroatoms. The summed E-state index contributed by atoms with van der Waals surface area (Å²) in [5, 5.41) is 0. The van der Waals surface area contributed by atoms with Crippen LogP contribution in [0.1, 0.15) is 19.3 Å². The van der Waals surface area contributed by atoms with Crippen molar-refractivity contribution in [1.82, 2.24) is 0 Å². The van der Waals surface area contributed by atoms with Crippen LogP contribution in [0.25, 0.3) is 0 Å². The predicted molar refractivity (Wildman–Crippen MR) is 43.1 cm³/mol. The van der Waals surface area contributed by atoms with Crippen LogP contribution < -0.4 is 0 Å². The van der Waals surface area contributed by atoms with Gasteiger partial charge in [0, 0.05) is 17.8 Å². The van der Waals surface area contributed by atoms with Crippen molar-refractivity contribution in [3.63, 3.8) is 0 Å². The van der Waals surface area contributed by atoms with Gasteiger partial charge in [-0.2, -0.15) is 0 Å². The van der Waals surface area contributed by atoms with Gasteiger partial charge in [0.1, 0.15) is 0 Å². The Balaban J connectivity index is 2.26. The lowest BCUT2D eigenvalue weighted by Crippen LogP contribution is -2.16. The Labute approximate surface area is 61.2 Å². The summed E-state index contributed by atoms with van der Waals surface area (Å²) in [5.74, 6) is 0.638. The molecule has 0 spiro atoms. The summed E-state index contributed by atoms with van der Waals surface area (Å²) in [4.78, 5) is 4.34. The molecule has 10 heavy (non-hydrogen) atoms. The molecule has 0 radical (unpaired) electrons. The van der Waals surface area contributed by atoms with Crippen LogP contribution in [-0.2, 0) is 0 Å². The van der Waals surface area contributed by atoms with Gasteiger partial charge in [0.15, 0.2) is 0 Å². The maximum absolute atomic E-state index is 4.34. The van der Waals surface area contributed by atoms with Crippen molar-refractivity contribution in [2.75, 3.05) is 0 Å². The Bertz CT molecular complexity index is 211. The molecule has 0 saturated carbocycles. The Hall–Kier alpha value is -0.850. The zero-order valence-corrected chi connectivity index (χ0v) is 5.96. The summed E-state index contributed by atoms with van der Waals surface area (Å²) in [5.41, 5.74) is 1.38. The second-order valence-electron chi connectivity index (χ2n) is 2.81. The van der Waals surface area contributed by atoms with Crippen LogP contribution in [-0.4, -0.2) is 5.71 Å². The molecule has 52 valence electrons. The van der Waals surface area contributed by atoms with Gasteiger partial charge in [-0.3, -0.25) is 4.99 Å². The lowest BCUT2D eigenvalue weighted by Gasteiger charge is -2.19. The van der Waals surface area contributed by atoms with Gasteiger partial charge in [0.25, 0.3) is 0 Å². The molecule has 0 N–H and O–H groups in total. The molecule has 2 rings (SSSR count). The average Bonchev–Trinajstić information content (AvgIpc) is 2.05. The molecule has 1 atom stereocenters. The van der Waals surface area contributed by atoms with Gasteiger partial charge in [-0.25, -0.2) is 0 Å². The van der Waals surface area contributed by atoms with E-state index in [1.807, 2.05) is 6.20 Å². The molecule has 0 aromatic heterocycles. The maximum atomic E-state index is 4.34. The highest BCUT2D eigenvalue weighted by Crippen LogP contribution is 2.21. The van der Waals surface area contributed by atoms with Crippen molar-refractivity contribution < 1.29 is 0 Å². The fourth-order valence-corrected chi connectivity index (χ4v) is 1.52. The van der Waals surface area contributed by atoms with E-state index in [4.69, 9.17) is 0 Å². The molecule has 0 saturated heterocycles. The molecule has 2 aliphatic rings. The third-order valence-corrected chi connectivity index (χ3v) is 2.10. The van der Waals surface area contributed by atoms with E-state index in [0.29, 0.717) is 5.92 Å². The molecule has 0 aromatic rings. The minimum atomic E-state index is 0.638. The summed E-state index contributed by atoms with van der Waals surface area (Å²) >= 11 is 0. The molecule has 0 bridgehead atoms. The second kappa shape index (κ2) is 2.41. The SMILES string of the molecule is C1=C[C@@H]2CC=CN=C2CC1. The predicted octanol–water partition coefficient (Wildman–Crippen LogP) is 2.31. The number of nitrogens with zero attached hydrogens (tertiary/aromatic N) is 1. The normalized spacial score (nSPS) is 29.6. The minimum Gasteiger partial charge on any atom is -0.265 e. The van der Waals surface area contributed by atoms with E-state index in [1.165, 1.54) is 18.6 Å². The van der Waals surface area contributed by atoms with Gasteiger partial charge >= 0.3 is 0 Å². The van der Waals surface area contributed by atoms with Crippen LogP contribution in [0.5, 0.6) is 0 Å². The van der Waals surface area contributed by atoms with E-state index < -0.39 is 0 Å². The fraction of sp³-hybridized carbons (Fsp3) is 0.444. The van der Waals surface area contributed by atoms with E-state index in [-0.39, 0.29) is 0 Å². The zero-order valence-electron chi connectivity index (χ0n) is 5.96. The molecule has 0 unspecified atom stereocenters. The molecular weight excluding hydrogens is 122 g/mol. The lowest BCUT2D eigenvalue weighted by molar-refractivity contribution is 0.796. The van der Waals surface area contributed by atoms with Crippen molar-refractivity contribution in [1.29, 1.82) is 0 Å². The van der Waals surface area contributed by atoms with Crippen LogP contribution in [0.2, 0.25) is 0 Å². The number of fused-ring (bicyclic) bond motifs is 1. The third-order valence-electron chi connectivity index (χ3n) is 2.10. The number of allylic oxidation sites excluding steroid dienone is 3. The molecule has 0 aromatic carbocycles. The quantitative estimate of drug-likeness (QED) is 0.450. The van der Waals surface area contributed by atoms with Crippen molar-refractivity contribution >= 4 is 5.71 Å². The number of hydrogen-bond donors (Lipinski definition) is 0. The number of aliphatic imine (C=N–C) groups is 1. The van der Waals surface area contributed by atoms with Crippen molar-refractivity contribution in [3.8, 4) is 0 Å². The summed E-state index contributed by atoms with van der Waals surface area (Å²) < 4.78 is 0. The number of rotatable bonds is 0. The van der Waals surface area contributed by atoms with E-state index in [9.17, 15) is 0 Å². The summed E-state index contributed by atoms with van der Waals surface area (Å²) in [6, 6.07) is 0. The van der Waals surface area contributed by atoms with Gasteiger partial charge in [-0.15, -0.1) is 0 Å². The molecule has 0 fully saturated rings. The molecule has 1 aliphatic carbocycles. The van der Waals surface area contributed by atoms with Gasteiger partial charge < -0.3 is 0 Å². The first-order valence-corrected chi connectivity index (χ1v) is 3.85. The van der Waals surface area contributed by atoms with Gasteiger partial charge in [-0.05, 0) is 19.3 Å². The van der Waals surface area contributed by atoms with Crippen molar-refractivity contribution in [2.45, 2.75) is 19.3 Å². The van der Waals surface area contributed by atoms with E-state index in [0.717, 1.165) is 6.42 Å². The van der Waals surface area contributed by atoms with Crippen LogP contribution in [0.4, 0.5) is 0 Å². The van der Waals surface area contributed by atoms with E-state index >= 15 is 0 Å². The number of hydrogen-bond acceptors (Lipinski definition) is 1. The third kappa shape index (κ3) is 0.919. The van der Waals surface area contributed by atoms with Crippen molar-refractivity contribution in [2.24, 2.45) is 10.9 Å². The second-order valence-corrected chi connectivity index (χ2v) is 2.81. The van der Waals surface area contributed by atoms with Crippen molar-refractivity contribution in [3.05, 3.63) is 24.4 Å². The average molecular weight is 133 g/mol. The first-order valence-electron chi connectivity index (χ1n) is 3.85. The zero-order chi connectivity index (χ0) is 6.81. The molecular formula is C9H11N. The summed E-state index contributed by atoms with van der Waals surface area (Å²) in [6.45, 7) is 0. The van der Waals surface area contributed by atoms with Crippen LogP contribution in [0.15, 0.2) is 29.4 Å². The molecule has 1 aliphatic heterocycles. The van der Waals surface area contributed by atoms with E-state index in [1.54, 1.807) is 0 Å². The Kier molecular flexibility index (Phi) is 1.42. The summed E-state index contributed by atoms with van der Waals surface area (Å²) in [6.07, 6.45) is 12.1. The first-order chi connectivity index (χ1) is 4.97. The maximum Gasteiger partial charge on any atom is 0.0253 e.